The van der Waals surface area contributed by atoms with E-state index in [2.05, 4.69) is 11.8 Å². The van der Waals surface area contributed by atoms with Gasteiger partial charge in [-0.05, 0) is 24.1 Å². The van der Waals surface area contributed by atoms with E-state index in [-0.39, 0.29) is 19.0 Å². The largest absolute Gasteiger partial charge is 0.481 e. The van der Waals surface area contributed by atoms with E-state index in [4.69, 9.17) is 21.4 Å². The Morgan fingerprint density at radius 3 is 2.82 bits per heavy atom. The molecule has 0 aliphatic carbocycles. The van der Waals surface area contributed by atoms with Crippen molar-refractivity contribution in [2.24, 2.45) is 0 Å². The Morgan fingerprint density at radius 2 is 2.11 bits per heavy atom. The van der Waals surface area contributed by atoms with Gasteiger partial charge in [-0.15, -0.1) is 5.92 Å². The van der Waals surface area contributed by atoms with Crippen LogP contribution < -0.4 is 0 Å². The maximum absolute atomic E-state index is 12.0. The number of aliphatic hydroxyl groups excluding tert-OH is 1. The molecular weight excluding hydrogens is 382 g/mol. The van der Waals surface area contributed by atoms with Crippen LogP contribution in [0.1, 0.15) is 31.2 Å². The quantitative estimate of drug-likeness (QED) is 0.394. The maximum atomic E-state index is 12.0. The zero-order valence-corrected chi connectivity index (χ0v) is 16.3. The van der Waals surface area contributed by atoms with Crippen molar-refractivity contribution in [3.63, 3.8) is 0 Å². The summed E-state index contributed by atoms with van der Waals surface area (Å²) in [4.78, 5) is 24.0. The van der Waals surface area contributed by atoms with E-state index in [1.165, 1.54) is 4.90 Å². The standard InChI is InChI=1S/C21H24ClNO5/c22-17-8-6-16(7-9-17)15-19(24)11-10-18-12-14-28-21(27)23(18)13-4-2-1-3-5-20(25)26/h6-11,18-19,24H,1,3,5,12-15H2,(H,25,26)/b11-10+/t18-,19?/m0/s1. The van der Waals surface area contributed by atoms with Crippen LogP contribution in [0, 0.1) is 11.8 Å². The first-order chi connectivity index (χ1) is 13.5. The van der Waals surface area contributed by atoms with Crippen molar-refractivity contribution in [2.75, 3.05) is 13.2 Å². The van der Waals surface area contributed by atoms with E-state index in [0.717, 1.165) is 5.56 Å². The molecule has 1 aliphatic heterocycles. The maximum Gasteiger partial charge on any atom is 0.411 e. The molecule has 1 aliphatic rings. The number of carboxylic acids is 1. The summed E-state index contributed by atoms with van der Waals surface area (Å²) in [7, 11) is 0. The van der Waals surface area contributed by atoms with Crippen LogP contribution in [0.2, 0.25) is 5.02 Å². The lowest BCUT2D eigenvalue weighted by atomic mass is 10.1. The van der Waals surface area contributed by atoms with Gasteiger partial charge in [0.25, 0.3) is 0 Å². The van der Waals surface area contributed by atoms with Gasteiger partial charge in [-0.3, -0.25) is 9.69 Å². The van der Waals surface area contributed by atoms with Crippen LogP contribution in [0.15, 0.2) is 36.4 Å². The van der Waals surface area contributed by atoms with Crippen molar-refractivity contribution in [1.29, 1.82) is 0 Å². The lowest BCUT2D eigenvalue weighted by molar-refractivity contribution is -0.137. The van der Waals surface area contributed by atoms with Crippen LogP contribution in [0.3, 0.4) is 0 Å². The van der Waals surface area contributed by atoms with Gasteiger partial charge >= 0.3 is 12.1 Å². The van der Waals surface area contributed by atoms with E-state index in [0.29, 0.717) is 37.3 Å². The van der Waals surface area contributed by atoms with Crippen LogP contribution >= 0.6 is 11.6 Å². The summed E-state index contributed by atoms with van der Waals surface area (Å²) >= 11 is 5.86. The Balaban J connectivity index is 1.88. The van der Waals surface area contributed by atoms with Crippen molar-refractivity contribution in [3.05, 3.63) is 47.0 Å². The molecule has 0 aromatic heterocycles. The zero-order valence-electron chi connectivity index (χ0n) is 15.5. The first kappa shape index (κ1) is 21.8. The monoisotopic (exact) mass is 405 g/mol. The van der Waals surface area contributed by atoms with Crippen LogP contribution in [0.4, 0.5) is 4.79 Å². The van der Waals surface area contributed by atoms with Gasteiger partial charge in [-0.1, -0.05) is 41.8 Å². The van der Waals surface area contributed by atoms with Crippen molar-refractivity contribution in [2.45, 2.75) is 44.2 Å². The van der Waals surface area contributed by atoms with Crippen molar-refractivity contribution >= 4 is 23.7 Å². The van der Waals surface area contributed by atoms with Crippen LogP contribution in [-0.2, 0) is 16.0 Å². The van der Waals surface area contributed by atoms with Gasteiger partial charge in [0.15, 0.2) is 0 Å². The molecule has 28 heavy (non-hydrogen) atoms. The molecule has 0 bridgehead atoms. The number of hydrogen-bond acceptors (Lipinski definition) is 4. The summed E-state index contributed by atoms with van der Waals surface area (Å²) in [5, 5.41) is 19.5. The fourth-order valence-electron chi connectivity index (χ4n) is 2.77. The van der Waals surface area contributed by atoms with Gasteiger partial charge in [0.1, 0.15) is 0 Å². The third-order valence-corrected chi connectivity index (χ3v) is 4.51. The second kappa shape index (κ2) is 11.4. The number of aliphatic carboxylic acids is 1. The molecule has 0 radical (unpaired) electrons. The molecule has 0 spiro atoms. The predicted octanol–water partition coefficient (Wildman–Crippen LogP) is 3.27. The molecule has 2 N–H and O–H groups in total. The fourth-order valence-corrected chi connectivity index (χ4v) is 2.89. The number of hydrogen-bond donors (Lipinski definition) is 2. The molecule has 1 fully saturated rings. The number of amides is 1. The zero-order chi connectivity index (χ0) is 20.4. The summed E-state index contributed by atoms with van der Waals surface area (Å²) < 4.78 is 5.08. The minimum absolute atomic E-state index is 0.0807. The van der Waals surface area contributed by atoms with Gasteiger partial charge in [-0.25, -0.2) is 4.79 Å². The number of halogens is 1. The average Bonchev–Trinajstić information content (AvgIpc) is 2.66. The van der Waals surface area contributed by atoms with Crippen LogP contribution in [0.5, 0.6) is 0 Å². The van der Waals surface area contributed by atoms with E-state index < -0.39 is 18.2 Å². The SMILES string of the molecule is O=C(O)CCCC#CCN1C(=O)OCC[C@@H]1/C=C/C(O)Cc1ccc(Cl)cc1. The summed E-state index contributed by atoms with van der Waals surface area (Å²) in [5.74, 6) is 4.94. The number of unbranched alkanes of at least 4 members (excludes halogenated alkanes) is 1. The van der Waals surface area contributed by atoms with E-state index in [1.807, 2.05) is 18.2 Å². The Hall–Kier alpha value is -2.49. The van der Waals surface area contributed by atoms with E-state index in [9.17, 15) is 14.7 Å². The minimum Gasteiger partial charge on any atom is -0.481 e. The highest BCUT2D eigenvalue weighted by molar-refractivity contribution is 6.30. The molecule has 2 atom stereocenters. The second-order valence-electron chi connectivity index (χ2n) is 6.48. The number of ether oxygens (including phenoxy) is 1. The molecule has 1 aromatic carbocycles. The summed E-state index contributed by atoms with van der Waals surface area (Å²) in [6, 6.07) is 7.09. The normalized spacial score (nSPS) is 17.7. The highest BCUT2D eigenvalue weighted by Crippen LogP contribution is 2.16. The number of cyclic esters (lactones) is 1. The van der Waals surface area contributed by atoms with Crippen LogP contribution in [0.25, 0.3) is 0 Å². The third-order valence-electron chi connectivity index (χ3n) is 4.25. The van der Waals surface area contributed by atoms with Gasteiger partial charge in [0.2, 0.25) is 0 Å². The lowest BCUT2D eigenvalue weighted by Crippen LogP contribution is -2.44. The van der Waals surface area contributed by atoms with E-state index >= 15 is 0 Å². The Kier molecular flexibility index (Phi) is 8.86. The molecular formula is C21H24ClNO5. The second-order valence-corrected chi connectivity index (χ2v) is 6.92. The third kappa shape index (κ3) is 7.63. The number of carbonyl (C=O) groups excluding carboxylic acids is 1. The fraction of sp³-hybridized carbons (Fsp3) is 0.429. The molecule has 7 heteroatoms. The van der Waals surface area contributed by atoms with E-state index in [1.54, 1.807) is 18.2 Å². The number of aliphatic hydroxyl groups is 1. The highest BCUT2D eigenvalue weighted by atomic mass is 35.5. The molecule has 0 saturated carbocycles. The van der Waals surface area contributed by atoms with Gasteiger partial charge in [0, 0.05) is 30.7 Å². The molecule has 6 nitrogen and oxygen atoms in total. The summed E-state index contributed by atoms with van der Waals surface area (Å²) in [5.41, 5.74) is 0.966. The molecule has 1 unspecified atom stereocenters. The van der Waals surface area contributed by atoms with Crippen molar-refractivity contribution < 1.29 is 24.5 Å². The Morgan fingerprint density at radius 1 is 1.36 bits per heavy atom. The number of rotatable bonds is 8. The number of nitrogens with zero attached hydrogens (tertiary/aromatic N) is 1. The lowest BCUT2D eigenvalue weighted by Gasteiger charge is -2.31. The van der Waals surface area contributed by atoms with Crippen LogP contribution in [-0.4, -0.2) is 52.5 Å². The molecule has 1 aromatic rings. The molecule has 1 amide bonds. The van der Waals surface area contributed by atoms with Crippen molar-refractivity contribution in [3.8, 4) is 11.8 Å². The molecule has 2 rings (SSSR count). The smallest absolute Gasteiger partial charge is 0.411 e. The molecule has 1 saturated heterocycles. The highest BCUT2D eigenvalue weighted by Gasteiger charge is 2.27. The number of benzene rings is 1. The Bertz CT molecular complexity index is 750. The first-order valence-corrected chi connectivity index (χ1v) is 9.55. The average molecular weight is 406 g/mol. The van der Waals surface area contributed by atoms with Crippen molar-refractivity contribution in [1.82, 2.24) is 4.90 Å². The first-order valence-electron chi connectivity index (χ1n) is 9.17. The topological polar surface area (TPSA) is 87.1 Å². The predicted molar refractivity (Wildman–Crippen MR) is 106 cm³/mol. The molecule has 1 heterocycles. The minimum atomic E-state index is -0.844. The van der Waals surface area contributed by atoms with Gasteiger partial charge in [0.05, 0.1) is 25.3 Å². The molecule has 150 valence electrons. The Labute approximate surface area is 169 Å². The number of carboxylic acid groups (broad SMARTS) is 1. The number of carbonyl (C=O) groups is 2. The summed E-state index contributed by atoms with van der Waals surface area (Å²) in [6.45, 7) is 0.526. The van der Waals surface area contributed by atoms with Gasteiger partial charge < -0.3 is 14.9 Å². The van der Waals surface area contributed by atoms with Gasteiger partial charge in [-0.2, -0.15) is 0 Å². The summed E-state index contributed by atoms with van der Waals surface area (Å²) in [6.07, 6.45) is 4.49.